The van der Waals surface area contributed by atoms with Crippen LogP contribution in [0.1, 0.15) is 27.6 Å². The second kappa shape index (κ2) is 4.65. The molecule has 0 aliphatic rings. The molecule has 5 heteroatoms. The average molecular weight is 224 g/mol. The molecule has 0 aliphatic heterocycles. The highest BCUT2D eigenvalue weighted by Crippen LogP contribution is 2.30. The lowest BCUT2D eigenvalue weighted by atomic mass is 10.0. The van der Waals surface area contributed by atoms with Crippen molar-refractivity contribution in [2.24, 2.45) is 0 Å². The van der Waals surface area contributed by atoms with Crippen molar-refractivity contribution in [1.29, 1.82) is 0 Å². The Hall–Kier alpha value is -2.04. The first-order valence-corrected chi connectivity index (χ1v) is 4.52. The molecule has 86 valence electrons. The van der Waals surface area contributed by atoms with Crippen LogP contribution in [0.4, 0.5) is 0 Å². The van der Waals surface area contributed by atoms with E-state index in [4.69, 9.17) is 4.74 Å². The third-order valence-corrected chi connectivity index (χ3v) is 2.11. The molecule has 5 nitrogen and oxygen atoms in total. The van der Waals surface area contributed by atoms with Gasteiger partial charge in [-0.05, 0) is 19.1 Å². The fourth-order valence-electron chi connectivity index (χ4n) is 1.40. The number of carbonyl (C=O) groups excluding carboxylic acids is 2. The topological polar surface area (TPSA) is 72.8 Å². The summed E-state index contributed by atoms with van der Waals surface area (Å²) in [4.78, 5) is 22.9. The van der Waals surface area contributed by atoms with E-state index in [-0.39, 0.29) is 22.6 Å². The van der Waals surface area contributed by atoms with Crippen LogP contribution in [0.3, 0.4) is 0 Å². The fourth-order valence-corrected chi connectivity index (χ4v) is 1.40. The molecule has 0 bridgehead atoms. The Labute approximate surface area is 92.6 Å². The SMILES string of the molecule is COC(=O)c1c(OC)ccc(O)c1C(C)=O. The molecule has 0 radical (unpaired) electrons. The molecule has 0 unspecified atom stereocenters. The van der Waals surface area contributed by atoms with Gasteiger partial charge in [0.15, 0.2) is 5.78 Å². The summed E-state index contributed by atoms with van der Waals surface area (Å²) in [7, 11) is 2.55. The molecule has 0 amide bonds. The minimum atomic E-state index is -0.724. The lowest BCUT2D eigenvalue weighted by Crippen LogP contribution is -2.11. The molecule has 0 aromatic heterocycles. The van der Waals surface area contributed by atoms with Gasteiger partial charge >= 0.3 is 5.97 Å². The van der Waals surface area contributed by atoms with Crippen molar-refractivity contribution in [3.05, 3.63) is 23.3 Å². The monoisotopic (exact) mass is 224 g/mol. The summed E-state index contributed by atoms with van der Waals surface area (Å²) < 4.78 is 9.49. The van der Waals surface area contributed by atoms with Gasteiger partial charge in [-0.15, -0.1) is 0 Å². The highest BCUT2D eigenvalue weighted by atomic mass is 16.5. The minimum absolute atomic E-state index is 0.0579. The van der Waals surface area contributed by atoms with E-state index >= 15 is 0 Å². The van der Waals surface area contributed by atoms with Crippen LogP contribution in [0.15, 0.2) is 12.1 Å². The predicted octanol–water partition coefficient (Wildman–Crippen LogP) is 1.39. The summed E-state index contributed by atoms with van der Waals surface area (Å²) >= 11 is 0. The molecule has 0 aliphatic carbocycles. The zero-order valence-corrected chi connectivity index (χ0v) is 9.23. The Bertz CT molecular complexity index is 436. The first-order valence-electron chi connectivity index (χ1n) is 4.52. The Kier molecular flexibility index (Phi) is 3.50. The van der Waals surface area contributed by atoms with E-state index in [1.165, 1.54) is 33.3 Å². The van der Waals surface area contributed by atoms with E-state index in [9.17, 15) is 14.7 Å². The smallest absolute Gasteiger partial charge is 0.342 e. The lowest BCUT2D eigenvalue weighted by molar-refractivity contribution is 0.0592. The summed E-state index contributed by atoms with van der Waals surface area (Å²) in [5.41, 5.74) is -0.149. The van der Waals surface area contributed by atoms with Crippen molar-refractivity contribution in [2.75, 3.05) is 14.2 Å². The Morgan fingerprint density at radius 1 is 1.19 bits per heavy atom. The minimum Gasteiger partial charge on any atom is -0.507 e. The number of methoxy groups -OCH3 is 2. The predicted molar refractivity (Wildman–Crippen MR) is 56.0 cm³/mol. The summed E-state index contributed by atoms with van der Waals surface area (Å²) in [5, 5.41) is 9.54. The lowest BCUT2D eigenvalue weighted by Gasteiger charge is -2.11. The number of phenols is 1. The van der Waals surface area contributed by atoms with Gasteiger partial charge < -0.3 is 14.6 Å². The van der Waals surface area contributed by atoms with Crippen molar-refractivity contribution in [2.45, 2.75) is 6.92 Å². The van der Waals surface area contributed by atoms with Gasteiger partial charge in [0, 0.05) is 0 Å². The highest BCUT2D eigenvalue weighted by molar-refractivity contribution is 6.08. The molecule has 0 atom stereocenters. The molecular weight excluding hydrogens is 212 g/mol. The third-order valence-electron chi connectivity index (χ3n) is 2.11. The van der Waals surface area contributed by atoms with Crippen LogP contribution < -0.4 is 4.74 Å². The fraction of sp³-hybridized carbons (Fsp3) is 0.273. The van der Waals surface area contributed by atoms with Gasteiger partial charge in [-0.1, -0.05) is 0 Å². The molecule has 0 spiro atoms. The number of ether oxygens (including phenoxy) is 2. The highest BCUT2D eigenvalue weighted by Gasteiger charge is 2.23. The molecule has 0 fully saturated rings. The quantitative estimate of drug-likeness (QED) is 0.620. The number of hydrogen-bond donors (Lipinski definition) is 1. The third kappa shape index (κ3) is 1.98. The summed E-state index contributed by atoms with van der Waals surface area (Å²) in [6, 6.07) is 2.69. The summed E-state index contributed by atoms with van der Waals surface area (Å²) in [6.45, 7) is 1.25. The van der Waals surface area contributed by atoms with E-state index in [0.29, 0.717) is 0 Å². The van der Waals surface area contributed by atoms with Gasteiger partial charge in [-0.2, -0.15) is 0 Å². The van der Waals surface area contributed by atoms with Crippen molar-refractivity contribution < 1.29 is 24.2 Å². The Morgan fingerprint density at radius 2 is 1.81 bits per heavy atom. The first-order chi connectivity index (χ1) is 7.52. The van der Waals surface area contributed by atoms with Gasteiger partial charge in [-0.3, -0.25) is 4.79 Å². The van der Waals surface area contributed by atoms with Crippen molar-refractivity contribution >= 4 is 11.8 Å². The number of carbonyl (C=O) groups is 2. The number of esters is 1. The second-order valence-corrected chi connectivity index (χ2v) is 3.08. The molecule has 0 saturated heterocycles. The van der Waals surface area contributed by atoms with Crippen LogP contribution in [0.25, 0.3) is 0 Å². The molecule has 0 heterocycles. The molecule has 16 heavy (non-hydrogen) atoms. The van der Waals surface area contributed by atoms with Gasteiger partial charge in [-0.25, -0.2) is 4.79 Å². The van der Waals surface area contributed by atoms with Crippen LogP contribution in [0, 0.1) is 0 Å². The van der Waals surface area contributed by atoms with E-state index in [0.717, 1.165) is 0 Å². The standard InChI is InChI=1S/C11H12O5/c1-6(12)9-7(13)4-5-8(15-2)10(9)11(14)16-3/h4-5,13H,1-3H3. The van der Waals surface area contributed by atoms with Gasteiger partial charge in [0.25, 0.3) is 0 Å². The van der Waals surface area contributed by atoms with E-state index < -0.39 is 11.8 Å². The first kappa shape index (κ1) is 12.0. The molecular formula is C11H12O5. The molecule has 1 aromatic carbocycles. The number of phenolic OH excluding ortho intramolecular Hbond substituents is 1. The maximum atomic E-state index is 11.5. The number of rotatable bonds is 3. The van der Waals surface area contributed by atoms with Crippen molar-refractivity contribution in [3.63, 3.8) is 0 Å². The molecule has 0 saturated carbocycles. The maximum Gasteiger partial charge on any atom is 0.342 e. The zero-order chi connectivity index (χ0) is 12.3. The van der Waals surface area contributed by atoms with Gasteiger partial charge in [0.05, 0.1) is 19.8 Å². The molecule has 1 N–H and O–H groups in total. The zero-order valence-electron chi connectivity index (χ0n) is 9.23. The van der Waals surface area contributed by atoms with E-state index in [1.54, 1.807) is 0 Å². The largest absolute Gasteiger partial charge is 0.507 e. The maximum absolute atomic E-state index is 11.5. The Morgan fingerprint density at radius 3 is 2.25 bits per heavy atom. The van der Waals surface area contributed by atoms with Crippen molar-refractivity contribution in [3.8, 4) is 11.5 Å². The average Bonchev–Trinajstić information content (AvgIpc) is 2.27. The van der Waals surface area contributed by atoms with Crippen LogP contribution in [-0.4, -0.2) is 31.1 Å². The van der Waals surface area contributed by atoms with E-state index in [2.05, 4.69) is 4.74 Å². The second-order valence-electron chi connectivity index (χ2n) is 3.08. The number of aromatic hydroxyl groups is 1. The van der Waals surface area contributed by atoms with Crippen molar-refractivity contribution in [1.82, 2.24) is 0 Å². The van der Waals surface area contributed by atoms with Crippen LogP contribution >= 0.6 is 0 Å². The van der Waals surface area contributed by atoms with Crippen LogP contribution in [0.2, 0.25) is 0 Å². The normalized spacial score (nSPS) is 9.69. The Balaban J connectivity index is 3.55. The van der Waals surface area contributed by atoms with Gasteiger partial charge in [0.1, 0.15) is 17.1 Å². The summed E-state index contributed by atoms with van der Waals surface area (Å²) in [6.07, 6.45) is 0. The molecule has 1 rings (SSSR count). The number of hydrogen-bond acceptors (Lipinski definition) is 5. The van der Waals surface area contributed by atoms with Gasteiger partial charge in [0.2, 0.25) is 0 Å². The summed E-state index contributed by atoms with van der Waals surface area (Å²) in [5.74, 6) is -1.24. The molecule has 1 aromatic rings. The number of ketones is 1. The number of benzene rings is 1. The van der Waals surface area contributed by atoms with Crippen LogP contribution in [-0.2, 0) is 4.74 Å². The number of Topliss-reactive ketones (excluding diaryl/α,β-unsaturated/α-hetero) is 1. The van der Waals surface area contributed by atoms with E-state index in [1.807, 2.05) is 0 Å². The van der Waals surface area contributed by atoms with Crippen LogP contribution in [0.5, 0.6) is 11.5 Å².